The zero-order valence-electron chi connectivity index (χ0n) is 11.6. The Hall–Kier alpha value is -0.0800. The molecule has 3 atom stereocenters. The predicted octanol–water partition coefficient (Wildman–Crippen LogP) is 3.05. The van der Waals surface area contributed by atoms with E-state index in [0.717, 1.165) is 24.9 Å². The zero-order chi connectivity index (χ0) is 12.3. The van der Waals surface area contributed by atoms with Crippen LogP contribution in [0.1, 0.15) is 58.8 Å². The third kappa shape index (κ3) is 3.96. The van der Waals surface area contributed by atoms with Crippen molar-refractivity contribution >= 4 is 0 Å². The van der Waals surface area contributed by atoms with Crippen molar-refractivity contribution in [2.75, 3.05) is 13.1 Å². The molecule has 0 saturated heterocycles. The number of hydrogen-bond donors (Lipinski definition) is 1. The van der Waals surface area contributed by atoms with E-state index in [9.17, 15) is 5.11 Å². The average molecular weight is 239 g/mol. The minimum Gasteiger partial charge on any atom is -0.393 e. The maximum Gasteiger partial charge on any atom is 0.0580 e. The normalized spacial score (nSPS) is 34.2. The lowest BCUT2D eigenvalue weighted by molar-refractivity contribution is 0.0286. The van der Waals surface area contributed by atoms with Gasteiger partial charge in [-0.3, -0.25) is 0 Å². The highest BCUT2D eigenvalue weighted by Gasteiger charge is 2.34. The molecule has 0 amide bonds. The van der Waals surface area contributed by atoms with E-state index < -0.39 is 0 Å². The van der Waals surface area contributed by atoms with Crippen LogP contribution in [0.3, 0.4) is 0 Å². The minimum atomic E-state index is -0.0333. The summed E-state index contributed by atoms with van der Waals surface area (Å²) in [5.41, 5.74) is 0. The first-order valence-corrected chi connectivity index (χ1v) is 7.62. The van der Waals surface area contributed by atoms with Crippen LogP contribution in [-0.2, 0) is 0 Å². The van der Waals surface area contributed by atoms with Crippen molar-refractivity contribution in [2.45, 2.75) is 70.9 Å². The fourth-order valence-corrected chi connectivity index (χ4v) is 3.20. The molecule has 2 rings (SSSR count). The van der Waals surface area contributed by atoms with Gasteiger partial charge in [-0.1, -0.05) is 20.3 Å². The highest BCUT2D eigenvalue weighted by Crippen LogP contribution is 2.33. The van der Waals surface area contributed by atoms with Gasteiger partial charge >= 0.3 is 0 Å². The Labute approximate surface area is 106 Å². The molecule has 3 unspecified atom stereocenters. The number of hydrogen-bond acceptors (Lipinski definition) is 2. The summed E-state index contributed by atoms with van der Waals surface area (Å²) >= 11 is 0. The van der Waals surface area contributed by atoms with Crippen molar-refractivity contribution in [3.8, 4) is 0 Å². The molecule has 0 aliphatic heterocycles. The average Bonchev–Trinajstić information content (AvgIpc) is 3.13. The van der Waals surface area contributed by atoms with Crippen molar-refractivity contribution in [1.82, 2.24) is 4.90 Å². The molecule has 0 aromatic rings. The second-order valence-corrected chi connectivity index (χ2v) is 6.33. The molecule has 17 heavy (non-hydrogen) atoms. The Morgan fingerprint density at radius 2 is 1.94 bits per heavy atom. The maximum atomic E-state index is 10.1. The predicted molar refractivity (Wildman–Crippen MR) is 72.0 cm³/mol. The second kappa shape index (κ2) is 6.19. The van der Waals surface area contributed by atoms with Crippen molar-refractivity contribution in [3.05, 3.63) is 0 Å². The van der Waals surface area contributed by atoms with Gasteiger partial charge in [0, 0.05) is 12.6 Å². The molecule has 2 aliphatic rings. The van der Waals surface area contributed by atoms with E-state index in [4.69, 9.17) is 0 Å². The Kier molecular flexibility index (Phi) is 4.87. The van der Waals surface area contributed by atoms with E-state index in [1.807, 2.05) is 0 Å². The molecule has 1 N–H and O–H groups in total. The third-order valence-corrected chi connectivity index (χ3v) is 4.54. The number of unbranched alkanes of at least 4 members (excludes halogenated alkanes) is 1. The van der Waals surface area contributed by atoms with Gasteiger partial charge in [0.2, 0.25) is 0 Å². The smallest absolute Gasteiger partial charge is 0.0580 e. The summed E-state index contributed by atoms with van der Waals surface area (Å²) in [6.45, 7) is 7.00. The van der Waals surface area contributed by atoms with Gasteiger partial charge < -0.3 is 10.0 Å². The molecular weight excluding hydrogens is 210 g/mol. The fourth-order valence-electron chi connectivity index (χ4n) is 3.20. The van der Waals surface area contributed by atoms with Gasteiger partial charge in [0.25, 0.3) is 0 Å². The first-order valence-electron chi connectivity index (χ1n) is 7.62. The van der Waals surface area contributed by atoms with Gasteiger partial charge in [0.15, 0.2) is 0 Å². The fraction of sp³-hybridized carbons (Fsp3) is 1.00. The lowest BCUT2D eigenvalue weighted by atomic mass is 9.80. The van der Waals surface area contributed by atoms with Crippen molar-refractivity contribution in [3.63, 3.8) is 0 Å². The summed E-state index contributed by atoms with van der Waals surface area (Å²) in [6.07, 6.45) is 8.82. The molecule has 2 nitrogen and oxygen atoms in total. The van der Waals surface area contributed by atoms with Crippen LogP contribution in [-0.4, -0.2) is 35.2 Å². The molecular formula is C15H29NO. The van der Waals surface area contributed by atoms with Gasteiger partial charge in [-0.2, -0.15) is 0 Å². The van der Waals surface area contributed by atoms with E-state index in [1.54, 1.807) is 0 Å². The minimum absolute atomic E-state index is 0.0333. The maximum absolute atomic E-state index is 10.1. The van der Waals surface area contributed by atoms with Crippen LogP contribution in [0.25, 0.3) is 0 Å². The molecule has 0 bridgehead atoms. The van der Waals surface area contributed by atoms with Crippen LogP contribution < -0.4 is 0 Å². The van der Waals surface area contributed by atoms with Gasteiger partial charge in [0.05, 0.1) is 6.10 Å². The molecule has 2 saturated carbocycles. The first-order chi connectivity index (χ1) is 8.20. The number of nitrogens with zero attached hydrogens (tertiary/aromatic N) is 1. The van der Waals surface area contributed by atoms with Gasteiger partial charge in [-0.15, -0.1) is 0 Å². The summed E-state index contributed by atoms with van der Waals surface area (Å²) in [4.78, 5) is 2.66. The molecule has 2 fully saturated rings. The molecule has 0 radical (unpaired) electrons. The van der Waals surface area contributed by atoms with Crippen molar-refractivity contribution in [2.24, 2.45) is 11.8 Å². The molecule has 0 aromatic heterocycles. The standard InChI is InChI=1S/C15H29NO/c1-3-4-9-16(14-6-7-14)11-13-10-12(2)5-8-15(13)17/h12-15,17H,3-11H2,1-2H3. The Balaban J connectivity index is 1.82. The van der Waals surface area contributed by atoms with Crippen LogP contribution in [0.5, 0.6) is 0 Å². The van der Waals surface area contributed by atoms with Crippen LogP contribution >= 0.6 is 0 Å². The molecule has 2 heteroatoms. The van der Waals surface area contributed by atoms with E-state index >= 15 is 0 Å². The number of aliphatic hydroxyl groups excluding tert-OH is 1. The Morgan fingerprint density at radius 3 is 2.59 bits per heavy atom. The molecule has 2 aliphatic carbocycles. The third-order valence-electron chi connectivity index (χ3n) is 4.54. The van der Waals surface area contributed by atoms with Crippen LogP contribution in [0.2, 0.25) is 0 Å². The van der Waals surface area contributed by atoms with E-state index in [2.05, 4.69) is 18.7 Å². The van der Waals surface area contributed by atoms with Crippen LogP contribution in [0.4, 0.5) is 0 Å². The summed E-state index contributed by atoms with van der Waals surface area (Å²) in [5, 5.41) is 10.1. The number of rotatable bonds is 6. The Morgan fingerprint density at radius 1 is 1.18 bits per heavy atom. The van der Waals surface area contributed by atoms with Crippen molar-refractivity contribution in [1.29, 1.82) is 0 Å². The highest BCUT2D eigenvalue weighted by molar-refractivity contribution is 4.88. The topological polar surface area (TPSA) is 23.5 Å². The molecule has 0 aromatic carbocycles. The SMILES string of the molecule is CCCCN(CC1CC(C)CCC1O)C1CC1. The van der Waals surface area contributed by atoms with E-state index in [-0.39, 0.29) is 6.10 Å². The second-order valence-electron chi connectivity index (χ2n) is 6.33. The van der Waals surface area contributed by atoms with Gasteiger partial charge in [0.1, 0.15) is 0 Å². The van der Waals surface area contributed by atoms with E-state index in [1.165, 1.54) is 45.1 Å². The number of aliphatic hydroxyl groups is 1. The van der Waals surface area contributed by atoms with Crippen molar-refractivity contribution < 1.29 is 5.11 Å². The molecule has 0 heterocycles. The zero-order valence-corrected chi connectivity index (χ0v) is 11.6. The van der Waals surface area contributed by atoms with Crippen LogP contribution in [0, 0.1) is 11.8 Å². The Bertz CT molecular complexity index is 227. The summed E-state index contributed by atoms with van der Waals surface area (Å²) in [5.74, 6) is 1.35. The lowest BCUT2D eigenvalue weighted by Gasteiger charge is -2.35. The summed E-state index contributed by atoms with van der Waals surface area (Å²) in [6, 6.07) is 0.853. The monoisotopic (exact) mass is 239 g/mol. The lowest BCUT2D eigenvalue weighted by Crippen LogP contribution is -2.40. The largest absolute Gasteiger partial charge is 0.393 e. The molecule has 100 valence electrons. The van der Waals surface area contributed by atoms with Gasteiger partial charge in [-0.25, -0.2) is 0 Å². The van der Waals surface area contributed by atoms with Gasteiger partial charge in [-0.05, 0) is 56.9 Å². The summed E-state index contributed by atoms with van der Waals surface area (Å²) < 4.78 is 0. The highest BCUT2D eigenvalue weighted by atomic mass is 16.3. The molecule has 0 spiro atoms. The quantitative estimate of drug-likeness (QED) is 0.770. The van der Waals surface area contributed by atoms with E-state index in [0.29, 0.717) is 5.92 Å². The summed E-state index contributed by atoms with van der Waals surface area (Å²) in [7, 11) is 0. The van der Waals surface area contributed by atoms with Crippen LogP contribution in [0.15, 0.2) is 0 Å². The first kappa shape index (κ1) is 13.4.